The lowest BCUT2D eigenvalue weighted by atomic mass is 9.72. The van der Waals surface area contributed by atoms with E-state index in [1.54, 1.807) is 48.4 Å². The normalized spacial score (nSPS) is 16.5. The lowest BCUT2D eigenvalue weighted by molar-refractivity contribution is -0.123. The molecule has 0 aromatic heterocycles. The Morgan fingerprint density at radius 1 is 1.12 bits per heavy atom. The molecule has 1 heterocycles. The van der Waals surface area contributed by atoms with Crippen molar-refractivity contribution in [1.82, 2.24) is 15.5 Å². The molecule has 2 atom stereocenters. The average Bonchev–Trinajstić information content (AvgIpc) is 3.03. The number of carbonyl (C=O) groups excluding carboxylic acids is 2. The summed E-state index contributed by atoms with van der Waals surface area (Å²) >= 11 is 0. The maximum absolute atomic E-state index is 15.6. The molecule has 8 nitrogen and oxygen atoms in total. The Morgan fingerprint density at radius 3 is 2.60 bits per heavy atom. The molecule has 0 spiro atoms. The fourth-order valence-electron chi connectivity index (χ4n) is 5.86. The fourth-order valence-corrected chi connectivity index (χ4v) is 5.86. The van der Waals surface area contributed by atoms with Crippen LogP contribution in [0.4, 0.5) is 4.39 Å². The molecule has 4 rings (SSSR count). The average molecular weight is 578 g/mol. The van der Waals surface area contributed by atoms with Crippen molar-refractivity contribution in [2.24, 2.45) is 5.92 Å². The quantitative estimate of drug-likeness (QED) is 0.244. The van der Waals surface area contributed by atoms with Crippen molar-refractivity contribution in [3.63, 3.8) is 0 Å². The number of aliphatic hydroxyl groups is 2. The van der Waals surface area contributed by atoms with Gasteiger partial charge in [-0.1, -0.05) is 36.4 Å². The third-order valence-corrected chi connectivity index (χ3v) is 8.00. The van der Waals surface area contributed by atoms with Gasteiger partial charge in [-0.25, -0.2) is 4.39 Å². The van der Waals surface area contributed by atoms with Crippen LogP contribution in [-0.4, -0.2) is 67.3 Å². The second kappa shape index (κ2) is 14.4. The minimum atomic E-state index is -1.51. The largest absolute Gasteiger partial charge is 0.497 e. The van der Waals surface area contributed by atoms with Gasteiger partial charge in [0.25, 0.3) is 5.91 Å². The van der Waals surface area contributed by atoms with E-state index in [2.05, 4.69) is 10.6 Å². The SMILES string of the molecule is CNCc1ccc(C(=O)N2CCC[C@@H]([C@@](O)(CCCNC(=O)CO)c3cccc(F)c3-c3cccc(OC)c3)C2)cc1. The van der Waals surface area contributed by atoms with E-state index in [9.17, 15) is 14.7 Å². The summed E-state index contributed by atoms with van der Waals surface area (Å²) in [6.45, 7) is 1.17. The standard InChI is InChI=1S/C33H40FN3O5/c1-35-20-23-12-14-24(15-13-23)32(40)37-18-5-8-26(21-37)33(41,16-6-17-36-30(39)22-38)28-10-4-11-29(34)31(28)25-7-3-9-27(19-25)42-2/h3-4,7,9-15,19,26,35,38,41H,5-6,8,16-18,20-22H2,1-2H3,(H,36,39)/t26-,33+/m1/s1. The van der Waals surface area contributed by atoms with Crippen LogP contribution in [0.2, 0.25) is 0 Å². The smallest absolute Gasteiger partial charge is 0.253 e. The molecule has 2 amide bonds. The maximum Gasteiger partial charge on any atom is 0.253 e. The van der Waals surface area contributed by atoms with Crippen molar-refractivity contribution < 1.29 is 28.9 Å². The number of rotatable bonds is 12. The number of aliphatic hydroxyl groups excluding tert-OH is 1. The molecule has 42 heavy (non-hydrogen) atoms. The summed E-state index contributed by atoms with van der Waals surface area (Å²) in [5, 5.41) is 27.4. The first-order valence-corrected chi connectivity index (χ1v) is 14.4. The van der Waals surface area contributed by atoms with Crippen LogP contribution in [0.15, 0.2) is 66.7 Å². The van der Waals surface area contributed by atoms with Crippen LogP contribution in [0.3, 0.4) is 0 Å². The van der Waals surface area contributed by atoms with Crippen LogP contribution in [0.5, 0.6) is 5.75 Å². The zero-order chi connectivity index (χ0) is 30.1. The van der Waals surface area contributed by atoms with Crippen molar-refractivity contribution in [3.05, 3.63) is 89.2 Å². The maximum atomic E-state index is 15.6. The van der Waals surface area contributed by atoms with E-state index < -0.39 is 29.9 Å². The van der Waals surface area contributed by atoms with Crippen LogP contribution in [0.1, 0.15) is 47.2 Å². The predicted octanol–water partition coefficient (Wildman–Crippen LogP) is 3.85. The van der Waals surface area contributed by atoms with Gasteiger partial charge in [-0.05, 0) is 79.8 Å². The predicted molar refractivity (Wildman–Crippen MR) is 159 cm³/mol. The van der Waals surface area contributed by atoms with Crippen molar-refractivity contribution in [2.45, 2.75) is 37.8 Å². The lowest BCUT2D eigenvalue weighted by Crippen LogP contribution is -2.48. The van der Waals surface area contributed by atoms with E-state index in [0.29, 0.717) is 61.3 Å². The number of hydrogen-bond acceptors (Lipinski definition) is 6. The molecule has 3 aromatic carbocycles. The highest BCUT2D eigenvalue weighted by atomic mass is 19.1. The van der Waals surface area contributed by atoms with Crippen LogP contribution in [0.25, 0.3) is 11.1 Å². The molecule has 0 unspecified atom stereocenters. The molecule has 224 valence electrons. The van der Waals surface area contributed by atoms with E-state index in [4.69, 9.17) is 9.84 Å². The summed E-state index contributed by atoms with van der Waals surface area (Å²) in [7, 11) is 3.41. The van der Waals surface area contributed by atoms with Gasteiger partial charge in [-0.15, -0.1) is 0 Å². The molecule has 1 saturated heterocycles. The molecule has 4 N–H and O–H groups in total. The highest BCUT2D eigenvalue weighted by molar-refractivity contribution is 5.94. The summed E-state index contributed by atoms with van der Waals surface area (Å²) in [6, 6.07) is 19.3. The molecule has 0 saturated carbocycles. The van der Waals surface area contributed by atoms with Gasteiger partial charge in [0, 0.05) is 43.2 Å². The zero-order valence-corrected chi connectivity index (χ0v) is 24.2. The van der Waals surface area contributed by atoms with E-state index in [0.717, 1.165) is 5.56 Å². The Kier molecular flexibility index (Phi) is 10.7. The van der Waals surface area contributed by atoms with Gasteiger partial charge in [0.05, 0.1) is 12.7 Å². The molecule has 0 aliphatic carbocycles. The second-order valence-electron chi connectivity index (χ2n) is 10.7. The van der Waals surface area contributed by atoms with Gasteiger partial charge in [0.1, 0.15) is 18.2 Å². The topological polar surface area (TPSA) is 111 Å². The molecular formula is C33H40FN3O5. The highest BCUT2D eigenvalue weighted by Gasteiger charge is 2.43. The zero-order valence-electron chi connectivity index (χ0n) is 24.2. The van der Waals surface area contributed by atoms with Crippen molar-refractivity contribution >= 4 is 11.8 Å². The molecule has 0 bridgehead atoms. The number of methoxy groups -OCH3 is 1. The summed E-state index contributed by atoms with van der Waals surface area (Å²) in [5.74, 6) is -0.916. The van der Waals surface area contributed by atoms with Gasteiger partial charge >= 0.3 is 0 Å². The monoisotopic (exact) mass is 577 g/mol. The third-order valence-electron chi connectivity index (χ3n) is 8.00. The molecule has 1 aliphatic heterocycles. The third kappa shape index (κ3) is 7.15. The van der Waals surface area contributed by atoms with Gasteiger partial charge in [-0.3, -0.25) is 9.59 Å². The molecule has 0 radical (unpaired) electrons. The van der Waals surface area contributed by atoms with Crippen molar-refractivity contribution in [1.29, 1.82) is 0 Å². The summed E-state index contributed by atoms with van der Waals surface area (Å²) in [5.41, 5.74) is 1.42. The van der Waals surface area contributed by atoms with Gasteiger partial charge < -0.3 is 30.5 Å². The van der Waals surface area contributed by atoms with E-state index in [-0.39, 0.29) is 24.4 Å². The van der Waals surface area contributed by atoms with E-state index in [1.807, 2.05) is 31.3 Å². The Bertz CT molecular complexity index is 1370. The van der Waals surface area contributed by atoms with E-state index in [1.165, 1.54) is 6.07 Å². The number of likely N-dealkylation sites (tertiary alicyclic amines) is 1. The van der Waals surface area contributed by atoms with Crippen LogP contribution >= 0.6 is 0 Å². The minimum Gasteiger partial charge on any atom is -0.497 e. The highest BCUT2D eigenvalue weighted by Crippen LogP contribution is 2.44. The first-order valence-electron chi connectivity index (χ1n) is 14.4. The number of ether oxygens (including phenoxy) is 1. The molecule has 9 heteroatoms. The number of piperidine rings is 1. The number of halogens is 1. The Balaban J connectivity index is 1.69. The number of benzene rings is 3. The summed E-state index contributed by atoms with van der Waals surface area (Å²) in [6.07, 6.45) is 1.91. The van der Waals surface area contributed by atoms with Crippen LogP contribution in [0, 0.1) is 11.7 Å². The molecule has 1 fully saturated rings. The molecule has 3 aromatic rings. The second-order valence-corrected chi connectivity index (χ2v) is 10.7. The lowest BCUT2D eigenvalue weighted by Gasteiger charge is -2.43. The summed E-state index contributed by atoms with van der Waals surface area (Å²) in [4.78, 5) is 26.9. The summed E-state index contributed by atoms with van der Waals surface area (Å²) < 4.78 is 21.0. The minimum absolute atomic E-state index is 0.111. The number of carbonyl (C=O) groups is 2. The molecular weight excluding hydrogens is 537 g/mol. The molecule has 1 aliphatic rings. The first kappa shape index (κ1) is 31.2. The van der Waals surface area contributed by atoms with Crippen molar-refractivity contribution in [2.75, 3.05) is 40.4 Å². The number of nitrogens with one attached hydrogen (secondary N) is 2. The number of nitrogens with zero attached hydrogens (tertiary/aromatic N) is 1. The Hall–Kier alpha value is -3.79. The van der Waals surface area contributed by atoms with Crippen molar-refractivity contribution in [3.8, 4) is 16.9 Å². The number of amides is 2. The van der Waals surface area contributed by atoms with E-state index >= 15 is 4.39 Å². The van der Waals surface area contributed by atoms with Gasteiger partial charge in [-0.2, -0.15) is 0 Å². The van der Waals surface area contributed by atoms with Crippen LogP contribution in [-0.2, 0) is 16.9 Å². The first-order chi connectivity index (χ1) is 20.3. The van der Waals surface area contributed by atoms with Gasteiger partial charge in [0.2, 0.25) is 5.91 Å². The number of hydrogen-bond donors (Lipinski definition) is 4. The van der Waals surface area contributed by atoms with Crippen LogP contribution < -0.4 is 15.4 Å². The Labute approximate surface area is 246 Å². The Morgan fingerprint density at radius 2 is 1.88 bits per heavy atom. The van der Waals surface area contributed by atoms with Gasteiger partial charge in [0.15, 0.2) is 0 Å². The fraction of sp³-hybridized carbons (Fsp3) is 0.394.